The van der Waals surface area contributed by atoms with Crippen LogP contribution in [0.25, 0.3) is 0 Å². The zero-order valence-electron chi connectivity index (χ0n) is 19.0. The van der Waals surface area contributed by atoms with Crippen LogP contribution >= 0.6 is 24.0 Å². The van der Waals surface area contributed by atoms with E-state index in [9.17, 15) is 0 Å². The Morgan fingerprint density at radius 3 is 2.58 bits per heavy atom. The van der Waals surface area contributed by atoms with Gasteiger partial charge in [-0.1, -0.05) is 19.3 Å². The Bertz CT molecular complexity index is 682. The quantitative estimate of drug-likeness (QED) is 0.294. The molecule has 7 heteroatoms. The van der Waals surface area contributed by atoms with E-state index >= 15 is 0 Å². The second-order valence-electron chi connectivity index (χ2n) is 9.41. The van der Waals surface area contributed by atoms with Gasteiger partial charge in [0.2, 0.25) is 5.88 Å². The van der Waals surface area contributed by atoms with E-state index in [1.165, 1.54) is 83.0 Å². The van der Waals surface area contributed by atoms with Gasteiger partial charge in [0, 0.05) is 51.5 Å². The molecule has 0 aromatic carbocycles. The minimum Gasteiger partial charge on any atom is -0.477 e. The molecule has 1 aromatic heterocycles. The van der Waals surface area contributed by atoms with Crippen molar-refractivity contribution in [1.29, 1.82) is 0 Å². The molecule has 0 spiro atoms. The van der Waals surface area contributed by atoms with Gasteiger partial charge in [0.25, 0.3) is 0 Å². The van der Waals surface area contributed by atoms with Crippen LogP contribution in [0.1, 0.15) is 63.4 Å². The van der Waals surface area contributed by atoms with Crippen molar-refractivity contribution in [2.24, 2.45) is 16.8 Å². The predicted molar refractivity (Wildman–Crippen MR) is 137 cm³/mol. The van der Waals surface area contributed by atoms with Gasteiger partial charge in [-0.15, -0.1) is 24.0 Å². The zero-order chi connectivity index (χ0) is 20.6. The van der Waals surface area contributed by atoms with Crippen LogP contribution in [0.4, 0.5) is 0 Å². The van der Waals surface area contributed by atoms with Crippen LogP contribution in [0.15, 0.2) is 23.3 Å². The molecule has 6 nitrogen and oxygen atoms in total. The fraction of sp³-hybridized carbons (Fsp3) is 0.750. The Labute approximate surface area is 205 Å². The van der Waals surface area contributed by atoms with Crippen molar-refractivity contribution in [2.75, 3.05) is 33.3 Å². The number of rotatable bonds is 8. The molecule has 4 rings (SSSR count). The van der Waals surface area contributed by atoms with E-state index in [4.69, 9.17) is 4.74 Å². The molecule has 3 aliphatic rings. The highest BCUT2D eigenvalue weighted by molar-refractivity contribution is 14.0. The maximum absolute atomic E-state index is 5.80. The average molecular weight is 542 g/mol. The second kappa shape index (κ2) is 12.8. The number of nitrogens with zero attached hydrogens (tertiary/aromatic N) is 3. The molecule has 1 saturated heterocycles. The van der Waals surface area contributed by atoms with E-state index < -0.39 is 0 Å². The molecular formula is C24H40IN5O. The summed E-state index contributed by atoms with van der Waals surface area (Å²) in [6, 6.07) is 4.58. The highest BCUT2D eigenvalue weighted by Gasteiger charge is 2.23. The van der Waals surface area contributed by atoms with Crippen molar-refractivity contribution < 1.29 is 4.74 Å². The van der Waals surface area contributed by atoms with Gasteiger partial charge in [-0.05, 0) is 62.0 Å². The Kier molecular flexibility index (Phi) is 10.2. The smallest absolute Gasteiger partial charge is 0.213 e. The second-order valence-corrected chi connectivity index (χ2v) is 9.41. The molecule has 1 aliphatic heterocycles. The number of hydrogen-bond donors (Lipinski definition) is 2. The van der Waals surface area contributed by atoms with Gasteiger partial charge in [0.05, 0.1) is 6.61 Å². The fourth-order valence-corrected chi connectivity index (χ4v) is 4.70. The summed E-state index contributed by atoms with van der Waals surface area (Å²) in [4.78, 5) is 11.4. The molecular weight excluding hydrogens is 501 g/mol. The Hall–Kier alpha value is -1.09. The first-order valence-corrected chi connectivity index (χ1v) is 12.1. The average Bonchev–Trinajstić information content (AvgIpc) is 3.62. The summed E-state index contributed by atoms with van der Waals surface area (Å²) in [5, 5.41) is 7.08. The van der Waals surface area contributed by atoms with Crippen molar-refractivity contribution >= 4 is 29.9 Å². The molecule has 0 atom stereocenters. The molecule has 0 radical (unpaired) electrons. The van der Waals surface area contributed by atoms with Crippen molar-refractivity contribution in [3.63, 3.8) is 0 Å². The molecule has 2 N–H and O–H groups in total. The van der Waals surface area contributed by atoms with E-state index in [0.29, 0.717) is 6.04 Å². The number of hydrogen-bond acceptors (Lipinski definition) is 4. The summed E-state index contributed by atoms with van der Waals surface area (Å²) >= 11 is 0. The van der Waals surface area contributed by atoms with Crippen molar-refractivity contribution in [3.8, 4) is 5.88 Å². The van der Waals surface area contributed by atoms with Crippen molar-refractivity contribution in [1.82, 2.24) is 20.5 Å². The fourth-order valence-electron chi connectivity index (χ4n) is 4.70. The first kappa shape index (κ1) is 24.6. The van der Waals surface area contributed by atoms with Gasteiger partial charge in [-0.2, -0.15) is 0 Å². The van der Waals surface area contributed by atoms with Gasteiger partial charge < -0.3 is 20.3 Å². The summed E-state index contributed by atoms with van der Waals surface area (Å²) in [6.45, 7) is 5.25. The maximum atomic E-state index is 5.80. The Morgan fingerprint density at radius 1 is 1.10 bits per heavy atom. The van der Waals surface area contributed by atoms with Crippen molar-refractivity contribution in [2.45, 2.75) is 70.4 Å². The number of likely N-dealkylation sites (tertiary alicyclic amines) is 1. The molecule has 0 unspecified atom stereocenters. The van der Waals surface area contributed by atoms with E-state index in [-0.39, 0.29) is 24.0 Å². The van der Waals surface area contributed by atoms with Crippen LogP contribution in [0.5, 0.6) is 5.88 Å². The Morgan fingerprint density at radius 2 is 1.87 bits per heavy atom. The Balaban J connectivity index is 0.00000272. The standard InChI is InChI=1S/C24H39N5O.HI/c1-25-24(27-16-21-9-12-26-23(15-21)30-18-20-7-8-20)28-22-10-13-29(14-11-22)17-19-5-3-2-4-6-19;/h9,12,15,19-20,22H,2-8,10-11,13-14,16-18H2,1H3,(H2,25,27,28);1H. The first-order valence-electron chi connectivity index (χ1n) is 12.1. The molecule has 2 saturated carbocycles. The lowest BCUT2D eigenvalue weighted by atomic mass is 9.88. The normalized spacial score (nSPS) is 21.4. The van der Waals surface area contributed by atoms with Crippen LogP contribution in [0.2, 0.25) is 0 Å². The lowest BCUT2D eigenvalue weighted by Crippen LogP contribution is -2.49. The van der Waals surface area contributed by atoms with Gasteiger partial charge in [-0.25, -0.2) is 4.98 Å². The van der Waals surface area contributed by atoms with Crippen LogP contribution in [-0.4, -0.2) is 55.2 Å². The zero-order valence-corrected chi connectivity index (χ0v) is 21.4. The molecule has 2 heterocycles. The largest absolute Gasteiger partial charge is 0.477 e. The first-order chi connectivity index (χ1) is 14.8. The van der Waals surface area contributed by atoms with Crippen LogP contribution in [0, 0.1) is 11.8 Å². The lowest BCUT2D eigenvalue weighted by Gasteiger charge is -2.36. The third kappa shape index (κ3) is 8.40. The molecule has 3 fully saturated rings. The lowest BCUT2D eigenvalue weighted by molar-refractivity contribution is 0.160. The minimum absolute atomic E-state index is 0. The predicted octanol–water partition coefficient (Wildman–Crippen LogP) is 4.20. The summed E-state index contributed by atoms with van der Waals surface area (Å²) in [5.74, 6) is 3.30. The van der Waals surface area contributed by atoms with Gasteiger partial charge in [0.15, 0.2) is 5.96 Å². The molecule has 174 valence electrons. The molecule has 31 heavy (non-hydrogen) atoms. The number of aliphatic imine (C=N–C) groups is 1. The van der Waals surface area contributed by atoms with E-state index in [2.05, 4.69) is 25.5 Å². The number of guanidine groups is 1. The van der Waals surface area contributed by atoms with Gasteiger partial charge >= 0.3 is 0 Å². The number of nitrogens with one attached hydrogen (secondary N) is 2. The third-order valence-electron chi connectivity index (χ3n) is 6.82. The third-order valence-corrected chi connectivity index (χ3v) is 6.82. The number of pyridine rings is 1. The summed E-state index contributed by atoms with van der Waals surface area (Å²) in [7, 11) is 1.85. The van der Waals surface area contributed by atoms with Crippen molar-refractivity contribution in [3.05, 3.63) is 23.9 Å². The van der Waals surface area contributed by atoms with Gasteiger partial charge in [0.1, 0.15) is 0 Å². The topological polar surface area (TPSA) is 61.8 Å². The number of halogens is 1. The molecule has 2 aliphatic carbocycles. The summed E-state index contributed by atoms with van der Waals surface area (Å²) < 4.78 is 5.80. The summed E-state index contributed by atoms with van der Waals surface area (Å²) in [6.07, 6.45) is 14.0. The number of ether oxygens (including phenoxy) is 1. The molecule has 0 amide bonds. The van der Waals surface area contributed by atoms with E-state index in [0.717, 1.165) is 36.8 Å². The van der Waals surface area contributed by atoms with Gasteiger partial charge in [-0.3, -0.25) is 4.99 Å². The minimum atomic E-state index is 0. The highest BCUT2D eigenvalue weighted by atomic mass is 127. The maximum Gasteiger partial charge on any atom is 0.213 e. The number of piperidine rings is 1. The molecule has 0 bridgehead atoms. The van der Waals surface area contributed by atoms with Crippen LogP contribution < -0.4 is 15.4 Å². The molecule has 1 aromatic rings. The SMILES string of the molecule is CN=C(NCc1ccnc(OCC2CC2)c1)NC1CCN(CC2CCCCC2)CC1.I. The van der Waals surface area contributed by atoms with Crippen LogP contribution in [-0.2, 0) is 6.54 Å². The van der Waals surface area contributed by atoms with Crippen LogP contribution in [0.3, 0.4) is 0 Å². The van der Waals surface area contributed by atoms with E-state index in [1.54, 1.807) is 0 Å². The summed E-state index contributed by atoms with van der Waals surface area (Å²) in [5.41, 5.74) is 1.17. The highest BCUT2D eigenvalue weighted by Crippen LogP contribution is 2.29. The van der Waals surface area contributed by atoms with E-state index in [1.807, 2.05) is 25.4 Å². The monoisotopic (exact) mass is 541 g/mol. The number of aromatic nitrogens is 1.